The van der Waals surface area contributed by atoms with Crippen LogP contribution in [0.2, 0.25) is 0 Å². The molecule has 1 aliphatic carbocycles. The second-order valence-corrected chi connectivity index (χ2v) is 8.38. The normalized spacial score (nSPS) is 18.7. The van der Waals surface area contributed by atoms with Crippen molar-refractivity contribution in [2.45, 2.75) is 64.5 Å². The SMILES string of the molecule is CC(Oc1cccc2c1CCCC2)C(=O)NCCCN1c2ccccc2CC1C. The third kappa shape index (κ3) is 4.42. The lowest BCUT2D eigenvalue weighted by atomic mass is 9.91. The van der Waals surface area contributed by atoms with Gasteiger partial charge in [0.25, 0.3) is 5.91 Å². The summed E-state index contributed by atoms with van der Waals surface area (Å²) in [6.07, 6.45) is 6.17. The highest BCUT2D eigenvalue weighted by molar-refractivity contribution is 5.80. The van der Waals surface area contributed by atoms with Crippen LogP contribution in [-0.4, -0.2) is 31.1 Å². The third-order valence-electron chi connectivity index (χ3n) is 6.25. The van der Waals surface area contributed by atoms with Gasteiger partial charge in [-0.05, 0) is 81.2 Å². The zero-order chi connectivity index (χ0) is 20.2. The number of hydrogen-bond donors (Lipinski definition) is 1. The molecule has 2 unspecified atom stereocenters. The van der Waals surface area contributed by atoms with Gasteiger partial charge in [-0.2, -0.15) is 0 Å². The molecule has 2 aromatic carbocycles. The van der Waals surface area contributed by atoms with Crippen molar-refractivity contribution < 1.29 is 9.53 Å². The maximum absolute atomic E-state index is 12.5. The average molecular weight is 393 g/mol. The first-order chi connectivity index (χ1) is 14.1. The average Bonchev–Trinajstić information content (AvgIpc) is 3.06. The summed E-state index contributed by atoms with van der Waals surface area (Å²) in [6.45, 7) is 5.75. The first-order valence-corrected chi connectivity index (χ1v) is 11.0. The van der Waals surface area contributed by atoms with E-state index in [4.69, 9.17) is 4.74 Å². The van der Waals surface area contributed by atoms with Crippen molar-refractivity contribution in [2.24, 2.45) is 0 Å². The third-order valence-corrected chi connectivity index (χ3v) is 6.25. The minimum Gasteiger partial charge on any atom is -0.481 e. The monoisotopic (exact) mass is 392 g/mol. The second-order valence-electron chi connectivity index (χ2n) is 8.38. The van der Waals surface area contributed by atoms with Gasteiger partial charge in [-0.1, -0.05) is 30.3 Å². The Morgan fingerprint density at radius 2 is 1.93 bits per heavy atom. The lowest BCUT2D eigenvalue weighted by molar-refractivity contribution is -0.127. The summed E-state index contributed by atoms with van der Waals surface area (Å²) in [4.78, 5) is 15.0. The molecule has 0 aromatic heterocycles. The predicted molar refractivity (Wildman–Crippen MR) is 118 cm³/mol. The van der Waals surface area contributed by atoms with Crippen molar-refractivity contribution in [3.8, 4) is 5.75 Å². The number of benzene rings is 2. The van der Waals surface area contributed by atoms with E-state index in [2.05, 4.69) is 47.5 Å². The fraction of sp³-hybridized carbons (Fsp3) is 0.480. The Hall–Kier alpha value is -2.49. The molecule has 1 heterocycles. The number of carbonyl (C=O) groups is 1. The van der Waals surface area contributed by atoms with E-state index in [9.17, 15) is 4.79 Å². The number of fused-ring (bicyclic) bond motifs is 2. The molecular weight excluding hydrogens is 360 g/mol. The van der Waals surface area contributed by atoms with Crippen LogP contribution < -0.4 is 15.0 Å². The number of nitrogens with one attached hydrogen (secondary N) is 1. The maximum Gasteiger partial charge on any atom is 0.260 e. The van der Waals surface area contributed by atoms with E-state index in [1.807, 2.05) is 19.1 Å². The fourth-order valence-electron chi connectivity index (χ4n) is 4.68. The number of para-hydroxylation sites is 1. The van der Waals surface area contributed by atoms with Crippen LogP contribution in [-0.2, 0) is 24.1 Å². The van der Waals surface area contributed by atoms with Crippen molar-refractivity contribution in [1.29, 1.82) is 0 Å². The Kier molecular flexibility index (Phi) is 6.08. The minimum atomic E-state index is -0.477. The number of amides is 1. The number of hydrogen-bond acceptors (Lipinski definition) is 3. The summed E-state index contributed by atoms with van der Waals surface area (Å²) in [5, 5.41) is 3.05. The van der Waals surface area contributed by atoms with E-state index in [-0.39, 0.29) is 5.91 Å². The molecule has 0 saturated heterocycles. The number of rotatable bonds is 7. The minimum absolute atomic E-state index is 0.0340. The van der Waals surface area contributed by atoms with Gasteiger partial charge in [0.05, 0.1) is 0 Å². The van der Waals surface area contributed by atoms with Gasteiger partial charge < -0.3 is 15.0 Å². The van der Waals surface area contributed by atoms with E-state index in [0.29, 0.717) is 12.6 Å². The summed E-state index contributed by atoms with van der Waals surface area (Å²) in [6, 6.07) is 15.4. The summed E-state index contributed by atoms with van der Waals surface area (Å²) in [5.74, 6) is 0.848. The van der Waals surface area contributed by atoms with Gasteiger partial charge in [0.1, 0.15) is 5.75 Å². The van der Waals surface area contributed by atoms with Gasteiger partial charge in [-0.25, -0.2) is 0 Å². The summed E-state index contributed by atoms with van der Waals surface area (Å²) in [5.41, 5.74) is 5.44. The quantitative estimate of drug-likeness (QED) is 0.715. The number of anilines is 1. The number of ether oxygens (including phenoxy) is 1. The molecule has 0 saturated carbocycles. The number of carbonyl (C=O) groups excluding carboxylic acids is 1. The van der Waals surface area contributed by atoms with Gasteiger partial charge in [0.15, 0.2) is 6.10 Å². The molecule has 0 spiro atoms. The molecule has 1 aliphatic heterocycles. The molecule has 0 radical (unpaired) electrons. The Bertz CT molecular complexity index is 864. The first-order valence-electron chi connectivity index (χ1n) is 11.0. The molecule has 0 bridgehead atoms. The highest BCUT2D eigenvalue weighted by Crippen LogP contribution is 2.32. The van der Waals surface area contributed by atoms with Crippen LogP contribution in [0.25, 0.3) is 0 Å². The topological polar surface area (TPSA) is 41.6 Å². The molecule has 1 amide bonds. The molecule has 4 rings (SSSR count). The molecule has 4 heteroatoms. The van der Waals surface area contributed by atoms with E-state index in [1.54, 1.807) is 0 Å². The molecular formula is C25H32N2O2. The van der Waals surface area contributed by atoms with Gasteiger partial charge in [0, 0.05) is 24.8 Å². The van der Waals surface area contributed by atoms with Crippen LogP contribution in [0.3, 0.4) is 0 Å². The van der Waals surface area contributed by atoms with Crippen molar-refractivity contribution in [1.82, 2.24) is 5.32 Å². The second kappa shape index (κ2) is 8.89. The number of aryl methyl sites for hydroxylation is 1. The van der Waals surface area contributed by atoms with Crippen molar-refractivity contribution >= 4 is 11.6 Å². The van der Waals surface area contributed by atoms with Crippen LogP contribution in [0.4, 0.5) is 5.69 Å². The molecule has 154 valence electrons. The first kappa shape index (κ1) is 19.8. The van der Waals surface area contributed by atoms with E-state index < -0.39 is 6.10 Å². The molecule has 0 fully saturated rings. The van der Waals surface area contributed by atoms with E-state index in [1.165, 1.54) is 35.2 Å². The number of nitrogens with zero attached hydrogens (tertiary/aromatic N) is 1. The molecule has 2 aliphatic rings. The molecule has 1 N–H and O–H groups in total. The van der Waals surface area contributed by atoms with E-state index in [0.717, 1.165) is 38.0 Å². The lowest BCUT2D eigenvalue weighted by Gasteiger charge is -2.25. The zero-order valence-corrected chi connectivity index (χ0v) is 17.6. The molecule has 2 aromatic rings. The van der Waals surface area contributed by atoms with Crippen LogP contribution in [0.1, 0.15) is 49.8 Å². The maximum atomic E-state index is 12.5. The Labute approximate surface area is 174 Å². The van der Waals surface area contributed by atoms with Crippen molar-refractivity contribution in [3.63, 3.8) is 0 Å². The standard InChI is InChI=1S/C25H32N2O2/c1-18-17-21-10-4-6-13-23(21)27(18)16-8-15-26-25(28)19(2)29-24-14-7-11-20-9-3-5-12-22(20)24/h4,6-7,10-11,13-14,18-19H,3,5,8-9,12,15-17H2,1-2H3,(H,26,28). The summed E-state index contributed by atoms with van der Waals surface area (Å²) in [7, 11) is 0. The van der Waals surface area contributed by atoms with Crippen molar-refractivity contribution in [2.75, 3.05) is 18.0 Å². The van der Waals surface area contributed by atoms with Crippen molar-refractivity contribution in [3.05, 3.63) is 59.2 Å². The highest BCUT2D eigenvalue weighted by Gasteiger charge is 2.25. The highest BCUT2D eigenvalue weighted by atomic mass is 16.5. The lowest BCUT2D eigenvalue weighted by Crippen LogP contribution is -2.38. The van der Waals surface area contributed by atoms with Gasteiger partial charge in [-0.3, -0.25) is 4.79 Å². The van der Waals surface area contributed by atoms with Gasteiger partial charge in [0.2, 0.25) is 0 Å². The summed E-state index contributed by atoms with van der Waals surface area (Å²) < 4.78 is 6.05. The molecule has 2 atom stereocenters. The van der Waals surface area contributed by atoms with Crippen LogP contribution in [0.5, 0.6) is 5.75 Å². The molecule has 4 nitrogen and oxygen atoms in total. The van der Waals surface area contributed by atoms with Crippen LogP contribution in [0.15, 0.2) is 42.5 Å². The summed E-state index contributed by atoms with van der Waals surface area (Å²) >= 11 is 0. The largest absolute Gasteiger partial charge is 0.481 e. The van der Waals surface area contributed by atoms with Crippen LogP contribution >= 0.6 is 0 Å². The smallest absolute Gasteiger partial charge is 0.260 e. The Balaban J connectivity index is 1.25. The zero-order valence-electron chi connectivity index (χ0n) is 17.6. The van der Waals surface area contributed by atoms with Gasteiger partial charge >= 0.3 is 0 Å². The Morgan fingerprint density at radius 3 is 2.83 bits per heavy atom. The fourth-order valence-corrected chi connectivity index (χ4v) is 4.68. The Morgan fingerprint density at radius 1 is 1.14 bits per heavy atom. The predicted octanol–water partition coefficient (Wildman–Crippen LogP) is 4.29. The van der Waals surface area contributed by atoms with Crippen LogP contribution in [0, 0.1) is 0 Å². The van der Waals surface area contributed by atoms with E-state index >= 15 is 0 Å². The molecule has 29 heavy (non-hydrogen) atoms. The van der Waals surface area contributed by atoms with Gasteiger partial charge in [-0.15, -0.1) is 0 Å².